The van der Waals surface area contributed by atoms with Crippen molar-refractivity contribution < 1.29 is 23.7 Å². The number of nitrogens with one attached hydrogen (secondary N) is 1. The fraction of sp³-hybridized carbons (Fsp3) is 0.333. The number of carbonyl (C=O) groups is 1. The van der Waals surface area contributed by atoms with Gasteiger partial charge in [-0.3, -0.25) is 4.79 Å². The van der Waals surface area contributed by atoms with Crippen LogP contribution in [0, 0.1) is 0 Å². The molecule has 33 heavy (non-hydrogen) atoms. The first-order valence-corrected chi connectivity index (χ1v) is 11.5. The molecule has 0 unspecified atom stereocenters. The van der Waals surface area contributed by atoms with Crippen molar-refractivity contribution in [2.24, 2.45) is 0 Å². The van der Waals surface area contributed by atoms with Crippen molar-refractivity contribution >= 4 is 22.4 Å². The van der Waals surface area contributed by atoms with E-state index in [2.05, 4.69) is 10.3 Å². The van der Waals surface area contributed by atoms with Gasteiger partial charge in [0.1, 0.15) is 5.75 Å². The van der Waals surface area contributed by atoms with Crippen LogP contribution in [0.2, 0.25) is 0 Å². The van der Waals surface area contributed by atoms with Crippen molar-refractivity contribution in [1.82, 2.24) is 9.88 Å². The predicted octanol–water partition coefficient (Wildman–Crippen LogP) is 3.68. The number of hydrogen-bond donors (Lipinski definition) is 1. The highest BCUT2D eigenvalue weighted by Crippen LogP contribution is 2.30. The highest BCUT2D eigenvalue weighted by atomic mass is 32.1. The number of rotatable bonds is 9. The first-order valence-electron chi connectivity index (χ1n) is 10.7. The lowest BCUT2D eigenvalue weighted by molar-refractivity contribution is -0.137. The van der Waals surface area contributed by atoms with Gasteiger partial charge in [-0.2, -0.15) is 0 Å². The Balaban J connectivity index is 1.33. The number of benzene rings is 2. The molecule has 0 spiro atoms. The second-order valence-corrected chi connectivity index (χ2v) is 8.25. The number of thiazole rings is 1. The van der Waals surface area contributed by atoms with Gasteiger partial charge >= 0.3 is 0 Å². The van der Waals surface area contributed by atoms with Crippen LogP contribution in [0.1, 0.15) is 5.56 Å². The van der Waals surface area contributed by atoms with Gasteiger partial charge in [0, 0.05) is 30.6 Å². The smallest absolute Gasteiger partial charge is 0.260 e. The van der Waals surface area contributed by atoms with Gasteiger partial charge in [-0.15, -0.1) is 11.3 Å². The summed E-state index contributed by atoms with van der Waals surface area (Å²) >= 11 is 1.55. The minimum atomic E-state index is -0.0532. The van der Waals surface area contributed by atoms with Crippen LogP contribution in [-0.2, 0) is 16.1 Å². The minimum Gasteiger partial charge on any atom is -0.497 e. The number of amides is 1. The quantitative estimate of drug-likeness (QED) is 0.512. The van der Waals surface area contributed by atoms with Crippen molar-refractivity contribution in [3.8, 4) is 28.5 Å². The average molecular weight is 470 g/mol. The zero-order valence-corrected chi connectivity index (χ0v) is 19.5. The van der Waals surface area contributed by atoms with E-state index in [1.54, 1.807) is 30.5 Å². The number of carbonyl (C=O) groups excluding carboxylic acids is 1. The summed E-state index contributed by atoms with van der Waals surface area (Å²) in [5.74, 6) is 1.89. The Morgan fingerprint density at radius 1 is 1.09 bits per heavy atom. The zero-order chi connectivity index (χ0) is 23.0. The molecule has 0 bridgehead atoms. The van der Waals surface area contributed by atoms with Crippen molar-refractivity contribution in [2.45, 2.75) is 6.54 Å². The molecule has 2 heterocycles. The summed E-state index contributed by atoms with van der Waals surface area (Å²) in [5, 5.41) is 6.20. The summed E-state index contributed by atoms with van der Waals surface area (Å²) in [6, 6.07) is 13.5. The second-order valence-electron chi connectivity index (χ2n) is 7.39. The molecule has 1 aromatic heterocycles. The molecule has 0 radical (unpaired) electrons. The summed E-state index contributed by atoms with van der Waals surface area (Å²) in [5.41, 5.74) is 2.96. The summed E-state index contributed by atoms with van der Waals surface area (Å²) in [6.45, 7) is 2.89. The molecule has 8 nitrogen and oxygen atoms in total. The number of methoxy groups -OCH3 is 2. The third kappa shape index (κ3) is 5.94. The molecule has 0 saturated carbocycles. The third-order valence-corrected chi connectivity index (χ3v) is 6.08. The van der Waals surface area contributed by atoms with Crippen molar-refractivity contribution in [2.75, 3.05) is 52.4 Å². The van der Waals surface area contributed by atoms with Gasteiger partial charge in [-0.1, -0.05) is 6.07 Å². The van der Waals surface area contributed by atoms with E-state index in [4.69, 9.17) is 18.9 Å². The van der Waals surface area contributed by atoms with Crippen LogP contribution >= 0.6 is 11.3 Å². The van der Waals surface area contributed by atoms with Gasteiger partial charge in [-0.25, -0.2) is 4.98 Å². The number of aromatic nitrogens is 1. The number of ether oxygens (including phenoxy) is 4. The number of anilines is 1. The summed E-state index contributed by atoms with van der Waals surface area (Å²) < 4.78 is 21.7. The van der Waals surface area contributed by atoms with E-state index in [9.17, 15) is 4.79 Å². The van der Waals surface area contributed by atoms with Crippen molar-refractivity contribution in [1.29, 1.82) is 0 Å². The molecule has 2 aromatic carbocycles. The molecule has 0 atom stereocenters. The average Bonchev–Trinajstić information content (AvgIpc) is 3.36. The molecule has 1 aliphatic rings. The molecule has 0 aliphatic carbocycles. The van der Waals surface area contributed by atoms with E-state index in [-0.39, 0.29) is 12.5 Å². The lowest BCUT2D eigenvalue weighted by atomic mass is 10.2. The van der Waals surface area contributed by atoms with Gasteiger partial charge in [0.25, 0.3) is 5.91 Å². The summed E-state index contributed by atoms with van der Waals surface area (Å²) in [4.78, 5) is 18.7. The van der Waals surface area contributed by atoms with Crippen LogP contribution in [-0.4, -0.2) is 62.9 Å². The highest BCUT2D eigenvalue weighted by Gasteiger charge is 2.18. The number of nitrogens with zero attached hydrogens (tertiary/aromatic N) is 2. The normalized spacial score (nSPS) is 13.5. The predicted molar refractivity (Wildman–Crippen MR) is 127 cm³/mol. The first kappa shape index (κ1) is 22.9. The summed E-state index contributed by atoms with van der Waals surface area (Å²) in [7, 11) is 3.24. The molecule has 3 aromatic rings. The summed E-state index contributed by atoms with van der Waals surface area (Å²) in [6.07, 6.45) is 0. The molecule has 4 rings (SSSR count). The topological polar surface area (TPSA) is 82.2 Å². The molecular weight excluding hydrogens is 442 g/mol. The monoisotopic (exact) mass is 469 g/mol. The Bertz CT molecular complexity index is 1060. The van der Waals surface area contributed by atoms with Crippen molar-refractivity contribution in [3.05, 3.63) is 53.4 Å². The lowest BCUT2D eigenvalue weighted by Gasteiger charge is -2.26. The van der Waals surface area contributed by atoms with Gasteiger partial charge < -0.3 is 29.2 Å². The molecule has 1 aliphatic heterocycles. The molecule has 1 saturated heterocycles. The number of hydrogen-bond acceptors (Lipinski definition) is 8. The van der Waals surface area contributed by atoms with E-state index in [0.29, 0.717) is 44.3 Å². The third-order valence-electron chi connectivity index (χ3n) is 5.28. The minimum absolute atomic E-state index is 0.0266. The molecular formula is C24H27N3O5S. The van der Waals surface area contributed by atoms with E-state index >= 15 is 0 Å². The Labute approximate surface area is 197 Å². The van der Waals surface area contributed by atoms with Gasteiger partial charge in [0.2, 0.25) is 0 Å². The zero-order valence-electron chi connectivity index (χ0n) is 18.7. The van der Waals surface area contributed by atoms with E-state index < -0.39 is 0 Å². The second kappa shape index (κ2) is 11.0. The molecule has 1 fully saturated rings. The Morgan fingerprint density at radius 3 is 2.61 bits per heavy atom. The SMILES string of the molecule is COc1ccc(-c2csc(NCc3ccc(OCC(=O)N4CCOCC4)c(OC)c3)n2)cc1. The Morgan fingerprint density at radius 2 is 1.88 bits per heavy atom. The maximum atomic E-state index is 12.3. The van der Waals surface area contributed by atoms with Gasteiger partial charge in [0.15, 0.2) is 23.2 Å². The number of morpholine rings is 1. The highest BCUT2D eigenvalue weighted by molar-refractivity contribution is 7.14. The van der Waals surface area contributed by atoms with E-state index in [1.807, 2.05) is 47.8 Å². The Kier molecular flexibility index (Phi) is 7.64. The van der Waals surface area contributed by atoms with Crippen LogP contribution in [0.5, 0.6) is 17.2 Å². The molecule has 1 N–H and O–H groups in total. The fourth-order valence-electron chi connectivity index (χ4n) is 3.41. The lowest BCUT2D eigenvalue weighted by Crippen LogP contribution is -2.43. The maximum Gasteiger partial charge on any atom is 0.260 e. The van der Waals surface area contributed by atoms with Crippen LogP contribution in [0.15, 0.2) is 47.8 Å². The Hall–Kier alpha value is -3.30. The van der Waals surface area contributed by atoms with Gasteiger partial charge in [0.05, 0.1) is 33.1 Å². The van der Waals surface area contributed by atoms with Crippen LogP contribution in [0.25, 0.3) is 11.3 Å². The van der Waals surface area contributed by atoms with E-state index in [0.717, 1.165) is 27.7 Å². The first-order chi connectivity index (χ1) is 16.2. The standard InChI is InChI=1S/C24H27N3O5S/c1-29-19-6-4-18(5-7-19)20-16-33-24(26-20)25-14-17-3-8-21(22(13-17)30-2)32-15-23(28)27-9-11-31-12-10-27/h3-8,13,16H,9-12,14-15H2,1-2H3,(H,25,26). The van der Waals surface area contributed by atoms with E-state index in [1.165, 1.54) is 0 Å². The van der Waals surface area contributed by atoms with Crippen molar-refractivity contribution in [3.63, 3.8) is 0 Å². The molecule has 9 heteroatoms. The maximum absolute atomic E-state index is 12.3. The van der Waals surface area contributed by atoms with Crippen LogP contribution in [0.3, 0.4) is 0 Å². The van der Waals surface area contributed by atoms with Crippen LogP contribution < -0.4 is 19.5 Å². The fourth-order valence-corrected chi connectivity index (χ4v) is 4.13. The van der Waals surface area contributed by atoms with Gasteiger partial charge in [-0.05, 0) is 42.0 Å². The molecule has 1 amide bonds. The largest absolute Gasteiger partial charge is 0.497 e. The van der Waals surface area contributed by atoms with Crippen LogP contribution in [0.4, 0.5) is 5.13 Å². The molecule has 174 valence electrons.